The van der Waals surface area contributed by atoms with Crippen LogP contribution in [0.2, 0.25) is 0 Å². The Balaban J connectivity index is 1.63. The third-order valence-electron chi connectivity index (χ3n) is 8.56. The molecule has 0 heterocycles. The molecule has 128 valence electrons. The number of hydrogen-bond acceptors (Lipinski definition) is 2. The molecule has 0 aromatic carbocycles. The summed E-state index contributed by atoms with van der Waals surface area (Å²) < 4.78 is 0. The van der Waals surface area contributed by atoms with Crippen LogP contribution in [0.25, 0.3) is 0 Å². The van der Waals surface area contributed by atoms with Crippen LogP contribution >= 0.6 is 0 Å². The summed E-state index contributed by atoms with van der Waals surface area (Å²) in [5, 5.41) is 0. The topological polar surface area (TPSA) is 34.1 Å². The predicted octanol–water partition coefficient (Wildman–Crippen LogP) is 4.66. The van der Waals surface area contributed by atoms with Gasteiger partial charge in [0.1, 0.15) is 11.6 Å². The van der Waals surface area contributed by atoms with E-state index in [1.54, 1.807) is 6.92 Å². The SMILES string of the molecule is CC(=O)[C@H]1CCC2C3CCC4CC(C)CCC4C3CC(=O)[C@@]21C. The molecule has 8 atom stereocenters. The van der Waals surface area contributed by atoms with Crippen LogP contribution in [0.4, 0.5) is 0 Å². The standard InChI is InChI=1S/C21H32O2/c1-12-4-6-15-14(10-12)5-7-16-17(15)11-20(23)21(3)18(13(2)22)8-9-19(16)21/h12,14-19H,4-11H2,1-3H3/t12?,14?,15?,16?,17?,18-,19?,21-/m1/s1. The fraction of sp³-hybridized carbons (Fsp3) is 0.905. The van der Waals surface area contributed by atoms with Gasteiger partial charge in [0.25, 0.3) is 0 Å². The molecule has 0 aliphatic heterocycles. The van der Waals surface area contributed by atoms with Crippen molar-refractivity contribution >= 4 is 11.6 Å². The Morgan fingerprint density at radius 3 is 2.48 bits per heavy atom. The molecule has 0 bridgehead atoms. The molecule has 0 radical (unpaired) electrons. The van der Waals surface area contributed by atoms with Crippen LogP contribution in [0.5, 0.6) is 0 Å². The molecule has 2 heteroatoms. The van der Waals surface area contributed by atoms with Gasteiger partial charge >= 0.3 is 0 Å². The Hall–Kier alpha value is -0.660. The number of Topliss-reactive ketones (excluding diaryl/α,β-unsaturated/α-hetero) is 2. The maximum atomic E-state index is 13.2. The molecule has 2 nitrogen and oxygen atoms in total. The van der Waals surface area contributed by atoms with Crippen molar-refractivity contribution in [3.05, 3.63) is 0 Å². The second-order valence-corrected chi connectivity index (χ2v) is 9.50. The summed E-state index contributed by atoms with van der Waals surface area (Å²) in [6.07, 6.45) is 9.63. The zero-order valence-corrected chi connectivity index (χ0v) is 15.0. The summed E-state index contributed by atoms with van der Waals surface area (Å²) in [5.41, 5.74) is -0.332. The molecule has 4 saturated carbocycles. The van der Waals surface area contributed by atoms with Crippen molar-refractivity contribution in [2.45, 2.75) is 72.1 Å². The highest BCUT2D eigenvalue weighted by Crippen LogP contribution is 2.63. The molecule has 4 aliphatic carbocycles. The zero-order chi connectivity index (χ0) is 16.4. The summed E-state index contributed by atoms with van der Waals surface area (Å²) in [4.78, 5) is 25.3. The van der Waals surface area contributed by atoms with Crippen LogP contribution in [0.3, 0.4) is 0 Å². The van der Waals surface area contributed by atoms with Gasteiger partial charge in [-0.25, -0.2) is 0 Å². The second kappa shape index (κ2) is 5.43. The average molecular weight is 316 g/mol. The average Bonchev–Trinajstić information content (AvgIpc) is 2.86. The summed E-state index contributed by atoms with van der Waals surface area (Å²) in [5.74, 6) is 5.09. The number of carbonyl (C=O) groups is 2. The molecular formula is C21H32O2. The van der Waals surface area contributed by atoms with Gasteiger partial charge in [-0.3, -0.25) is 9.59 Å². The number of fused-ring (bicyclic) bond motifs is 5. The Kier molecular flexibility index (Phi) is 3.74. The number of ketones is 2. The van der Waals surface area contributed by atoms with Crippen molar-refractivity contribution < 1.29 is 9.59 Å². The summed E-state index contributed by atoms with van der Waals surface area (Å²) in [6, 6.07) is 0. The molecule has 0 spiro atoms. The van der Waals surface area contributed by atoms with E-state index in [1.807, 2.05) is 0 Å². The van der Waals surface area contributed by atoms with E-state index in [0.717, 1.165) is 42.9 Å². The number of rotatable bonds is 1. The van der Waals surface area contributed by atoms with Crippen molar-refractivity contribution in [1.82, 2.24) is 0 Å². The maximum Gasteiger partial charge on any atom is 0.140 e. The second-order valence-electron chi connectivity index (χ2n) is 9.50. The summed E-state index contributed by atoms with van der Waals surface area (Å²) in [7, 11) is 0. The van der Waals surface area contributed by atoms with Crippen LogP contribution < -0.4 is 0 Å². The number of hydrogen-bond donors (Lipinski definition) is 0. The van der Waals surface area contributed by atoms with E-state index in [2.05, 4.69) is 13.8 Å². The van der Waals surface area contributed by atoms with Crippen molar-refractivity contribution in [3.8, 4) is 0 Å². The Morgan fingerprint density at radius 2 is 1.74 bits per heavy atom. The van der Waals surface area contributed by atoms with Crippen molar-refractivity contribution in [1.29, 1.82) is 0 Å². The largest absolute Gasteiger partial charge is 0.300 e. The van der Waals surface area contributed by atoms with Crippen molar-refractivity contribution in [2.24, 2.45) is 46.8 Å². The highest BCUT2D eigenvalue weighted by Gasteiger charge is 2.61. The number of carbonyl (C=O) groups excluding carboxylic acids is 2. The van der Waals surface area contributed by atoms with Crippen LogP contribution in [0.1, 0.15) is 72.1 Å². The monoisotopic (exact) mass is 316 g/mol. The van der Waals surface area contributed by atoms with Crippen molar-refractivity contribution in [2.75, 3.05) is 0 Å². The van der Waals surface area contributed by atoms with Crippen LogP contribution in [0, 0.1) is 46.8 Å². The third-order valence-corrected chi connectivity index (χ3v) is 8.56. The van der Waals surface area contributed by atoms with Gasteiger partial charge < -0.3 is 0 Å². The van der Waals surface area contributed by atoms with Crippen LogP contribution in [-0.2, 0) is 9.59 Å². The first-order valence-corrected chi connectivity index (χ1v) is 9.96. The van der Waals surface area contributed by atoms with E-state index in [0.29, 0.717) is 17.6 Å². The minimum absolute atomic E-state index is 0.00468. The van der Waals surface area contributed by atoms with Gasteiger partial charge in [-0.15, -0.1) is 0 Å². The van der Waals surface area contributed by atoms with E-state index < -0.39 is 0 Å². The molecule has 0 aromatic rings. The van der Waals surface area contributed by atoms with Gasteiger partial charge in [-0.2, -0.15) is 0 Å². The zero-order valence-electron chi connectivity index (χ0n) is 15.0. The van der Waals surface area contributed by atoms with E-state index in [4.69, 9.17) is 0 Å². The minimum Gasteiger partial charge on any atom is -0.300 e. The Morgan fingerprint density at radius 1 is 1.00 bits per heavy atom. The Labute approximate surface area is 140 Å². The van der Waals surface area contributed by atoms with E-state index >= 15 is 0 Å². The summed E-state index contributed by atoms with van der Waals surface area (Å²) >= 11 is 0. The first kappa shape index (κ1) is 15.8. The molecule has 6 unspecified atom stereocenters. The Bertz CT molecular complexity index is 524. The quantitative estimate of drug-likeness (QED) is 0.705. The lowest BCUT2D eigenvalue weighted by Gasteiger charge is -2.55. The third kappa shape index (κ3) is 2.19. The molecule has 0 aromatic heterocycles. The van der Waals surface area contributed by atoms with E-state index in [9.17, 15) is 9.59 Å². The molecule has 0 saturated heterocycles. The molecule has 4 fully saturated rings. The van der Waals surface area contributed by atoms with Crippen LogP contribution in [-0.4, -0.2) is 11.6 Å². The van der Waals surface area contributed by atoms with Gasteiger partial charge in [0.15, 0.2) is 0 Å². The lowest BCUT2D eigenvalue weighted by molar-refractivity contribution is -0.151. The predicted molar refractivity (Wildman–Crippen MR) is 90.8 cm³/mol. The highest BCUT2D eigenvalue weighted by molar-refractivity contribution is 5.93. The molecule has 23 heavy (non-hydrogen) atoms. The lowest BCUT2D eigenvalue weighted by Crippen LogP contribution is -2.53. The molecule has 0 amide bonds. The summed E-state index contributed by atoms with van der Waals surface area (Å²) in [6.45, 7) is 6.25. The van der Waals surface area contributed by atoms with Crippen LogP contribution in [0.15, 0.2) is 0 Å². The molecular weight excluding hydrogens is 284 g/mol. The molecule has 0 N–H and O–H groups in total. The first-order valence-electron chi connectivity index (χ1n) is 9.96. The van der Waals surface area contributed by atoms with Gasteiger partial charge in [0.2, 0.25) is 0 Å². The molecule has 4 aliphatic rings. The highest BCUT2D eigenvalue weighted by atomic mass is 16.1. The van der Waals surface area contributed by atoms with Crippen molar-refractivity contribution in [3.63, 3.8) is 0 Å². The smallest absolute Gasteiger partial charge is 0.140 e. The maximum absolute atomic E-state index is 13.2. The van der Waals surface area contributed by atoms with Gasteiger partial charge in [0.05, 0.1) is 0 Å². The normalized spacial score (nSPS) is 52.5. The van der Waals surface area contributed by atoms with E-state index in [1.165, 1.54) is 32.1 Å². The molecule has 4 rings (SSSR count). The lowest BCUT2D eigenvalue weighted by atomic mass is 9.49. The minimum atomic E-state index is -0.332. The first-order chi connectivity index (χ1) is 10.9. The fourth-order valence-electron chi connectivity index (χ4n) is 7.48. The fourth-order valence-corrected chi connectivity index (χ4v) is 7.48. The van der Waals surface area contributed by atoms with Gasteiger partial charge in [-0.05, 0) is 81.0 Å². The van der Waals surface area contributed by atoms with Gasteiger partial charge in [-0.1, -0.05) is 20.3 Å². The van der Waals surface area contributed by atoms with Gasteiger partial charge in [0, 0.05) is 17.8 Å². The van der Waals surface area contributed by atoms with E-state index in [-0.39, 0.29) is 17.1 Å².